The Labute approximate surface area is 83.7 Å². The lowest BCUT2D eigenvalue weighted by molar-refractivity contribution is 0.480. The van der Waals surface area contributed by atoms with Crippen molar-refractivity contribution in [3.63, 3.8) is 0 Å². The van der Waals surface area contributed by atoms with Crippen LogP contribution in [0.25, 0.3) is 0 Å². The van der Waals surface area contributed by atoms with Crippen molar-refractivity contribution in [3.05, 3.63) is 17.8 Å². The van der Waals surface area contributed by atoms with Gasteiger partial charge in [-0.25, -0.2) is 4.98 Å². The number of aromatic nitrogens is 1. The zero-order chi connectivity index (χ0) is 9.54. The summed E-state index contributed by atoms with van der Waals surface area (Å²) in [5.41, 5.74) is 6.60. The highest BCUT2D eigenvalue weighted by Gasteiger charge is 2.53. The van der Waals surface area contributed by atoms with Gasteiger partial charge in [-0.1, -0.05) is 12.8 Å². The quantitative estimate of drug-likeness (QED) is 0.780. The molecule has 2 N–H and O–H groups in total. The number of nitrogens with zero attached hydrogens (tertiary/aromatic N) is 1. The Hall–Kier alpha value is -0.830. The smallest absolute Gasteiger partial charge is 0.181 e. The first-order chi connectivity index (χ1) is 6.92. The highest BCUT2D eigenvalue weighted by molar-refractivity contribution is 5.24. The molecule has 14 heavy (non-hydrogen) atoms. The summed E-state index contributed by atoms with van der Waals surface area (Å²) < 4.78 is 5.48. The number of oxazole rings is 1. The number of rotatable bonds is 2. The average molecular weight is 192 g/mol. The molecule has 2 aliphatic rings. The summed E-state index contributed by atoms with van der Waals surface area (Å²) in [6.07, 6.45) is 7.08. The van der Waals surface area contributed by atoms with Gasteiger partial charge in [0.05, 0.1) is 5.69 Å². The summed E-state index contributed by atoms with van der Waals surface area (Å²) in [4.78, 5) is 4.16. The fraction of sp³-hybridized carbons (Fsp3) is 0.727. The third kappa shape index (κ3) is 1.12. The zero-order valence-corrected chi connectivity index (χ0v) is 8.28. The molecule has 2 saturated carbocycles. The number of hydrogen-bond acceptors (Lipinski definition) is 3. The van der Waals surface area contributed by atoms with Crippen LogP contribution in [-0.4, -0.2) is 4.98 Å². The van der Waals surface area contributed by atoms with E-state index in [1.807, 2.05) is 0 Å². The van der Waals surface area contributed by atoms with Crippen molar-refractivity contribution in [1.82, 2.24) is 4.98 Å². The van der Waals surface area contributed by atoms with Crippen molar-refractivity contribution in [3.8, 4) is 0 Å². The van der Waals surface area contributed by atoms with E-state index >= 15 is 0 Å². The van der Waals surface area contributed by atoms with E-state index in [1.54, 1.807) is 6.39 Å². The first-order valence-corrected chi connectivity index (χ1v) is 5.54. The van der Waals surface area contributed by atoms with Gasteiger partial charge in [0.25, 0.3) is 0 Å². The second-order valence-electron chi connectivity index (χ2n) is 4.51. The predicted molar refractivity (Wildman–Crippen MR) is 52.6 cm³/mol. The van der Waals surface area contributed by atoms with E-state index in [-0.39, 0.29) is 0 Å². The molecule has 0 spiro atoms. The van der Waals surface area contributed by atoms with Crippen LogP contribution in [-0.2, 0) is 6.54 Å². The summed E-state index contributed by atoms with van der Waals surface area (Å²) in [5.74, 6) is 3.49. The van der Waals surface area contributed by atoms with Crippen molar-refractivity contribution < 1.29 is 4.42 Å². The summed E-state index contributed by atoms with van der Waals surface area (Å²) in [6, 6.07) is 0. The summed E-state index contributed by atoms with van der Waals surface area (Å²) >= 11 is 0. The molecule has 0 amide bonds. The van der Waals surface area contributed by atoms with Crippen molar-refractivity contribution >= 4 is 0 Å². The Balaban J connectivity index is 1.83. The molecule has 76 valence electrons. The van der Waals surface area contributed by atoms with Gasteiger partial charge in [0.15, 0.2) is 6.39 Å². The van der Waals surface area contributed by atoms with Gasteiger partial charge in [-0.3, -0.25) is 0 Å². The standard InChI is InChI=1S/C11H16N2O/c12-5-9-11(14-6-13-9)10-7-3-1-2-4-8(7)10/h6-8,10H,1-5,12H2. The normalized spacial score (nSPS) is 35.4. The lowest BCUT2D eigenvalue weighted by atomic mass is 10.0. The maximum Gasteiger partial charge on any atom is 0.181 e. The second-order valence-corrected chi connectivity index (χ2v) is 4.51. The molecule has 0 saturated heterocycles. The molecule has 0 aliphatic heterocycles. The molecule has 0 bridgehead atoms. The van der Waals surface area contributed by atoms with Crippen molar-refractivity contribution in [1.29, 1.82) is 0 Å². The third-order valence-electron chi connectivity index (χ3n) is 3.83. The topological polar surface area (TPSA) is 52.0 Å². The Kier molecular flexibility index (Phi) is 1.87. The van der Waals surface area contributed by atoms with Gasteiger partial charge in [-0.05, 0) is 24.7 Å². The van der Waals surface area contributed by atoms with Crippen molar-refractivity contribution in [2.75, 3.05) is 0 Å². The molecular weight excluding hydrogens is 176 g/mol. The molecule has 3 nitrogen and oxygen atoms in total. The van der Waals surface area contributed by atoms with E-state index in [2.05, 4.69) is 4.98 Å². The van der Waals surface area contributed by atoms with E-state index in [9.17, 15) is 0 Å². The highest BCUT2D eigenvalue weighted by Crippen LogP contribution is 2.61. The molecule has 1 aromatic heterocycles. The molecule has 1 heterocycles. The molecule has 1 aromatic rings. The van der Waals surface area contributed by atoms with E-state index in [4.69, 9.17) is 10.2 Å². The van der Waals surface area contributed by atoms with Crippen molar-refractivity contribution in [2.45, 2.75) is 38.1 Å². The number of hydrogen-bond donors (Lipinski definition) is 1. The summed E-state index contributed by atoms with van der Waals surface area (Å²) in [5, 5.41) is 0. The van der Waals surface area contributed by atoms with Gasteiger partial charge >= 0.3 is 0 Å². The Morgan fingerprint density at radius 2 is 2.07 bits per heavy atom. The van der Waals surface area contributed by atoms with Gasteiger partial charge in [0.2, 0.25) is 0 Å². The average Bonchev–Trinajstić information content (AvgIpc) is 2.77. The molecule has 2 unspecified atom stereocenters. The minimum absolute atomic E-state index is 0.516. The molecule has 3 heteroatoms. The number of fused-ring (bicyclic) bond motifs is 1. The second kappa shape index (κ2) is 3.09. The first-order valence-electron chi connectivity index (χ1n) is 5.54. The monoisotopic (exact) mass is 192 g/mol. The van der Waals surface area contributed by atoms with Crippen LogP contribution < -0.4 is 5.73 Å². The van der Waals surface area contributed by atoms with Crippen molar-refractivity contribution in [2.24, 2.45) is 17.6 Å². The Morgan fingerprint density at radius 1 is 1.36 bits per heavy atom. The van der Waals surface area contributed by atoms with Crippen LogP contribution in [0, 0.1) is 11.8 Å². The molecule has 0 radical (unpaired) electrons. The van der Waals surface area contributed by atoms with E-state index < -0.39 is 0 Å². The van der Waals surface area contributed by atoms with E-state index in [0.29, 0.717) is 12.5 Å². The van der Waals surface area contributed by atoms with Crippen LogP contribution in [0.1, 0.15) is 43.1 Å². The lowest BCUT2D eigenvalue weighted by Gasteiger charge is -2.04. The van der Waals surface area contributed by atoms with Crippen LogP contribution in [0.15, 0.2) is 10.8 Å². The van der Waals surface area contributed by atoms with Crippen LogP contribution in [0.4, 0.5) is 0 Å². The maximum atomic E-state index is 5.63. The van der Waals surface area contributed by atoms with Crippen LogP contribution in [0.5, 0.6) is 0 Å². The highest BCUT2D eigenvalue weighted by atomic mass is 16.3. The Bertz CT molecular complexity index is 322. The first kappa shape index (κ1) is 8.48. The lowest BCUT2D eigenvalue weighted by Crippen LogP contribution is -2.00. The van der Waals surface area contributed by atoms with E-state index in [0.717, 1.165) is 23.3 Å². The third-order valence-corrected chi connectivity index (χ3v) is 3.83. The van der Waals surface area contributed by atoms with Gasteiger partial charge in [0.1, 0.15) is 5.76 Å². The largest absolute Gasteiger partial charge is 0.448 e. The van der Waals surface area contributed by atoms with Gasteiger partial charge in [0, 0.05) is 12.5 Å². The van der Waals surface area contributed by atoms with Gasteiger partial charge < -0.3 is 10.2 Å². The number of nitrogens with two attached hydrogens (primary N) is 1. The Morgan fingerprint density at radius 3 is 2.71 bits per heavy atom. The molecule has 2 aliphatic carbocycles. The molecule has 0 aromatic carbocycles. The molecule has 2 fully saturated rings. The van der Waals surface area contributed by atoms with Gasteiger partial charge in [-0.15, -0.1) is 0 Å². The van der Waals surface area contributed by atoms with E-state index in [1.165, 1.54) is 25.7 Å². The summed E-state index contributed by atoms with van der Waals surface area (Å²) in [7, 11) is 0. The van der Waals surface area contributed by atoms with Crippen LogP contribution >= 0.6 is 0 Å². The fourth-order valence-corrected chi connectivity index (χ4v) is 3.08. The van der Waals surface area contributed by atoms with Crippen LogP contribution in [0.2, 0.25) is 0 Å². The zero-order valence-electron chi connectivity index (χ0n) is 8.28. The molecular formula is C11H16N2O. The van der Waals surface area contributed by atoms with Crippen LogP contribution in [0.3, 0.4) is 0 Å². The SMILES string of the molecule is NCc1ncoc1C1C2CCCCC21. The minimum atomic E-state index is 0.516. The van der Waals surface area contributed by atoms with Gasteiger partial charge in [-0.2, -0.15) is 0 Å². The molecule has 2 atom stereocenters. The fourth-order valence-electron chi connectivity index (χ4n) is 3.08. The predicted octanol–water partition coefficient (Wildman–Crippen LogP) is 2.04. The maximum absolute atomic E-state index is 5.63. The minimum Gasteiger partial charge on any atom is -0.448 e. The molecule has 3 rings (SSSR count). The summed E-state index contributed by atoms with van der Waals surface area (Å²) in [6.45, 7) is 0.516.